The second-order valence-corrected chi connectivity index (χ2v) is 7.49. The molecule has 0 aliphatic heterocycles. The van der Waals surface area contributed by atoms with Gasteiger partial charge in [-0.05, 0) is 17.7 Å². The smallest absolute Gasteiger partial charge is 0.285 e. The van der Waals surface area contributed by atoms with Gasteiger partial charge in [0.2, 0.25) is 4.80 Å². The first-order valence-electron chi connectivity index (χ1n) is 7.32. The molecule has 2 aromatic carbocycles. The summed E-state index contributed by atoms with van der Waals surface area (Å²) in [5, 5.41) is 1.91. The van der Waals surface area contributed by atoms with Crippen LogP contribution in [0.25, 0.3) is 11.3 Å². The molecular weight excluding hydrogens is 340 g/mol. The number of nitrogens with zero attached hydrogens (tertiary/aromatic N) is 2. The Labute approximate surface area is 145 Å². The number of thiazole rings is 1. The van der Waals surface area contributed by atoms with E-state index in [1.165, 1.54) is 11.3 Å². The lowest BCUT2D eigenvalue weighted by atomic mass is 10.2. The summed E-state index contributed by atoms with van der Waals surface area (Å²) >= 11 is 1.30. The molecule has 0 radical (unpaired) electrons. The van der Waals surface area contributed by atoms with Gasteiger partial charge in [0.1, 0.15) is 0 Å². The third kappa shape index (κ3) is 3.39. The van der Waals surface area contributed by atoms with Gasteiger partial charge in [0.15, 0.2) is 0 Å². The van der Waals surface area contributed by atoms with Crippen LogP contribution in [-0.2, 0) is 16.6 Å². The second kappa shape index (κ2) is 6.98. The zero-order chi connectivity index (χ0) is 17.0. The fourth-order valence-electron chi connectivity index (χ4n) is 2.30. The van der Waals surface area contributed by atoms with Crippen LogP contribution in [0.4, 0.5) is 0 Å². The molecule has 1 aromatic heterocycles. The summed E-state index contributed by atoms with van der Waals surface area (Å²) in [6.45, 7) is 4.24. The predicted octanol–water partition coefficient (Wildman–Crippen LogP) is 3.69. The first kappa shape index (κ1) is 16.4. The van der Waals surface area contributed by atoms with Crippen molar-refractivity contribution in [1.82, 2.24) is 4.57 Å². The first-order chi connectivity index (χ1) is 11.6. The highest BCUT2D eigenvalue weighted by molar-refractivity contribution is 7.90. The summed E-state index contributed by atoms with van der Waals surface area (Å²) in [6.07, 6.45) is 1.73. The van der Waals surface area contributed by atoms with Crippen LogP contribution in [0.2, 0.25) is 0 Å². The Kier molecular flexibility index (Phi) is 4.78. The van der Waals surface area contributed by atoms with E-state index in [2.05, 4.69) is 11.0 Å². The summed E-state index contributed by atoms with van der Waals surface area (Å²) in [5.74, 6) is 0. The maximum atomic E-state index is 12.5. The molecular formula is C18H16N2O2S2. The predicted molar refractivity (Wildman–Crippen MR) is 97.1 cm³/mol. The minimum Gasteiger partial charge on any atom is -0.312 e. The minimum atomic E-state index is -3.74. The van der Waals surface area contributed by atoms with Gasteiger partial charge in [-0.25, -0.2) is 0 Å². The molecule has 0 saturated carbocycles. The number of rotatable bonds is 5. The molecule has 24 heavy (non-hydrogen) atoms. The molecule has 122 valence electrons. The van der Waals surface area contributed by atoms with Crippen molar-refractivity contribution < 1.29 is 8.42 Å². The van der Waals surface area contributed by atoms with Crippen molar-refractivity contribution in [2.75, 3.05) is 0 Å². The van der Waals surface area contributed by atoms with Crippen LogP contribution >= 0.6 is 11.3 Å². The van der Waals surface area contributed by atoms with E-state index in [1.807, 2.05) is 40.3 Å². The van der Waals surface area contributed by atoms with Crippen molar-refractivity contribution in [3.8, 4) is 11.3 Å². The van der Waals surface area contributed by atoms with Crippen molar-refractivity contribution in [2.45, 2.75) is 11.4 Å². The van der Waals surface area contributed by atoms with Gasteiger partial charge in [0.05, 0.1) is 10.6 Å². The molecule has 0 spiro atoms. The van der Waals surface area contributed by atoms with Gasteiger partial charge in [-0.1, -0.05) is 54.6 Å². The highest BCUT2D eigenvalue weighted by Crippen LogP contribution is 2.20. The molecule has 1 heterocycles. The van der Waals surface area contributed by atoms with E-state index in [0.717, 1.165) is 11.3 Å². The Morgan fingerprint density at radius 3 is 2.29 bits per heavy atom. The van der Waals surface area contributed by atoms with Crippen molar-refractivity contribution in [1.29, 1.82) is 0 Å². The molecule has 0 amide bonds. The SMILES string of the molecule is C=CCn1c(-c2ccccc2)cs/c1=N/S(=O)(=O)c1ccccc1. The van der Waals surface area contributed by atoms with Crippen LogP contribution < -0.4 is 4.80 Å². The second-order valence-electron chi connectivity index (χ2n) is 5.05. The molecule has 6 heteroatoms. The van der Waals surface area contributed by atoms with Crippen LogP contribution in [0, 0.1) is 0 Å². The van der Waals surface area contributed by atoms with Crippen LogP contribution in [0.15, 0.2) is 88.0 Å². The van der Waals surface area contributed by atoms with Gasteiger partial charge in [0, 0.05) is 11.9 Å². The third-order valence-electron chi connectivity index (χ3n) is 3.42. The van der Waals surface area contributed by atoms with Gasteiger partial charge in [-0.2, -0.15) is 8.42 Å². The van der Waals surface area contributed by atoms with Crippen molar-refractivity contribution >= 4 is 21.4 Å². The number of allylic oxidation sites excluding steroid dienone is 1. The van der Waals surface area contributed by atoms with E-state index in [1.54, 1.807) is 36.4 Å². The van der Waals surface area contributed by atoms with Crippen LogP contribution in [0.3, 0.4) is 0 Å². The zero-order valence-electron chi connectivity index (χ0n) is 12.9. The van der Waals surface area contributed by atoms with Crippen molar-refractivity contribution in [3.05, 3.63) is 83.5 Å². The lowest BCUT2D eigenvalue weighted by molar-refractivity contribution is 0.595. The normalized spacial score (nSPS) is 12.2. The van der Waals surface area contributed by atoms with Crippen LogP contribution in [0.5, 0.6) is 0 Å². The summed E-state index contributed by atoms with van der Waals surface area (Å²) in [6, 6.07) is 18.0. The van der Waals surface area contributed by atoms with Gasteiger partial charge < -0.3 is 4.57 Å². The lowest BCUT2D eigenvalue weighted by Crippen LogP contribution is -2.17. The third-order valence-corrected chi connectivity index (χ3v) is 5.68. The zero-order valence-corrected chi connectivity index (χ0v) is 14.5. The first-order valence-corrected chi connectivity index (χ1v) is 9.64. The molecule has 4 nitrogen and oxygen atoms in total. The minimum absolute atomic E-state index is 0.185. The van der Waals surface area contributed by atoms with Crippen molar-refractivity contribution in [2.24, 2.45) is 4.40 Å². The Morgan fingerprint density at radius 1 is 1.04 bits per heavy atom. The standard InChI is InChI=1S/C18H16N2O2S2/c1-2-13-20-17(15-9-5-3-6-10-15)14-23-18(20)19-24(21,22)16-11-7-4-8-12-16/h2-12,14H,1,13H2/b19-18+. The Hall–Kier alpha value is -2.44. The van der Waals surface area contributed by atoms with Gasteiger partial charge >= 0.3 is 0 Å². The molecule has 0 bridgehead atoms. The topological polar surface area (TPSA) is 51.4 Å². The monoisotopic (exact) mass is 356 g/mol. The molecule has 3 rings (SSSR count). The van der Waals surface area contributed by atoms with Gasteiger partial charge in [-0.3, -0.25) is 0 Å². The van der Waals surface area contributed by atoms with E-state index in [0.29, 0.717) is 11.3 Å². The largest absolute Gasteiger partial charge is 0.312 e. The number of hydrogen-bond donors (Lipinski definition) is 0. The van der Waals surface area contributed by atoms with E-state index >= 15 is 0 Å². The molecule has 0 fully saturated rings. The number of aromatic nitrogens is 1. The average molecular weight is 356 g/mol. The molecule has 0 atom stereocenters. The molecule has 0 saturated heterocycles. The van der Waals surface area contributed by atoms with E-state index in [9.17, 15) is 8.42 Å². The maximum absolute atomic E-state index is 12.5. The fourth-order valence-corrected chi connectivity index (χ4v) is 4.45. The average Bonchev–Trinajstić information content (AvgIpc) is 2.99. The molecule has 0 aliphatic carbocycles. The van der Waals surface area contributed by atoms with Gasteiger partial charge in [-0.15, -0.1) is 22.3 Å². The molecule has 0 N–H and O–H groups in total. The summed E-state index contributed by atoms with van der Waals surface area (Å²) in [5.41, 5.74) is 1.93. The number of hydrogen-bond acceptors (Lipinski definition) is 3. The van der Waals surface area contributed by atoms with Crippen molar-refractivity contribution in [3.63, 3.8) is 0 Å². The maximum Gasteiger partial charge on any atom is 0.285 e. The van der Waals surface area contributed by atoms with E-state index < -0.39 is 10.0 Å². The lowest BCUT2D eigenvalue weighted by Gasteiger charge is -2.06. The Balaban J connectivity index is 2.15. The van der Waals surface area contributed by atoms with Gasteiger partial charge in [0.25, 0.3) is 10.0 Å². The summed E-state index contributed by atoms with van der Waals surface area (Å²) < 4.78 is 30.9. The fraction of sp³-hybridized carbons (Fsp3) is 0.0556. The summed E-state index contributed by atoms with van der Waals surface area (Å²) in [4.78, 5) is 0.613. The summed E-state index contributed by atoms with van der Waals surface area (Å²) in [7, 11) is -3.74. The Bertz CT molecular complexity index is 1000. The highest BCUT2D eigenvalue weighted by Gasteiger charge is 2.14. The molecule has 0 unspecified atom stereocenters. The quantitative estimate of drug-likeness (QED) is 0.655. The molecule has 0 aliphatic rings. The van der Waals surface area contributed by atoms with Crippen LogP contribution in [0.1, 0.15) is 0 Å². The number of sulfonamides is 1. The van der Waals surface area contributed by atoms with E-state index in [-0.39, 0.29) is 4.90 Å². The van der Waals surface area contributed by atoms with E-state index in [4.69, 9.17) is 0 Å². The van der Waals surface area contributed by atoms with Crippen LogP contribution in [-0.4, -0.2) is 13.0 Å². The Morgan fingerprint density at radius 2 is 1.67 bits per heavy atom. The number of benzene rings is 2. The highest BCUT2D eigenvalue weighted by atomic mass is 32.2. The molecule has 3 aromatic rings.